The van der Waals surface area contributed by atoms with Crippen LogP contribution >= 0.6 is 15.9 Å². The number of hydrogen-bond acceptors (Lipinski definition) is 3. The van der Waals surface area contributed by atoms with Crippen LogP contribution in [0.2, 0.25) is 0 Å². The zero-order chi connectivity index (χ0) is 11.1. The lowest BCUT2D eigenvalue weighted by atomic mass is 10.2. The van der Waals surface area contributed by atoms with Gasteiger partial charge in [-0.05, 0) is 48.8 Å². The van der Waals surface area contributed by atoms with Crippen LogP contribution in [0.4, 0.5) is 0 Å². The molecule has 0 radical (unpaired) electrons. The Morgan fingerprint density at radius 3 is 2.67 bits per heavy atom. The van der Waals surface area contributed by atoms with E-state index in [2.05, 4.69) is 30.9 Å². The van der Waals surface area contributed by atoms with Crippen LogP contribution in [-0.4, -0.2) is 20.6 Å². The van der Waals surface area contributed by atoms with E-state index >= 15 is 0 Å². The molecule has 2 heterocycles. The van der Waals surface area contributed by atoms with Crippen molar-refractivity contribution >= 4 is 27.1 Å². The Morgan fingerprint density at radius 1 is 1.27 bits per heavy atom. The van der Waals surface area contributed by atoms with E-state index in [4.69, 9.17) is 4.74 Å². The molecule has 0 atom stereocenters. The highest BCUT2D eigenvalue weighted by Gasteiger charge is 2.14. The first-order chi connectivity index (χ1) is 6.94. The zero-order valence-corrected chi connectivity index (χ0v) is 10.4. The number of ether oxygens (including phenoxy) is 1. The molecule has 0 saturated carbocycles. The number of imidazole rings is 1. The van der Waals surface area contributed by atoms with Crippen molar-refractivity contribution in [3.05, 3.63) is 16.7 Å². The first-order valence-electron chi connectivity index (χ1n) is 4.65. The van der Waals surface area contributed by atoms with Crippen LogP contribution < -0.4 is 4.74 Å². The molecule has 0 aliphatic heterocycles. The zero-order valence-electron chi connectivity index (χ0n) is 8.84. The van der Waals surface area contributed by atoms with Gasteiger partial charge in [0.05, 0.1) is 5.52 Å². The molecule has 4 nitrogen and oxygen atoms in total. The number of pyridine rings is 1. The molecule has 15 heavy (non-hydrogen) atoms. The summed E-state index contributed by atoms with van der Waals surface area (Å²) in [5.41, 5.74) is 1.27. The van der Waals surface area contributed by atoms with Gasteiger partial charge in [0.15, 0.2) is 5.65 Å². The standard InChI is InChI=1S/C10H12BrN3O/c1-10(2,3)15-9-12-6-4-5-7(11)13-8(6)14-9/h4-5H,1-3H3,(H,12,13,14). The minimum atomic E-state index is -0.259. The lowest BCUT2D eigenvalue weighted by molar-refractivity contribution is 0.119. The molecular weight excluding hydrogens is 258 g/mol. The van der Waals surface area contributed by atoms with Gasteiger partial charge in [0, 0.05) is 0 Å². The van der Waals surface area contributed by atoms with Gasteiger partial charge in [-0.3, -0.25) is 0 Å². The summed E-state index contributed by atoms with van der Waals surface area (Å²) >= 11 is 3.30. The molecule has 0 saturated heterocycles. The molecule has 0 aliphatic rings. The number of rotatable bonds is 1. The van der Waals surface area contributed by atoms with Gasteiger partial charge in [0.1, 0.15) is 10.2 Å². The van der Waals surface area contributed by atoms with Crippen molar-refractivity contribution in [1.82, 2.24) is 15.0 Å². The highest BCUT2D eigenvalue weighted by atomic mass is 79.9. The number of halogens is 1. The number of fused-ring (bicyclic) bond motifs is 1. The molecule has 1 N–H and O–H groups in total. The fraction of sp³-hybridized carbons (Fsp3) is 0.400. The van der Waals surface area contributed by atoms with Crippen LogP contribution in [0.15, 0.2) is 16.7 Å². The summed E-state index contributed by atoms with van der Waals surface area (Å²) in [4.78, 5) is 11.5. The van der Waals surface area contributed by atoms with E-state index in [9.17, 15) is 0 Å². The Morgan fingerprint density at radius 2 is 2.00 bits per heavy atom. The van der Waals surface area contributed by atoms with E-state index < -0.39 is 0 Å². The van der Waals surface area contributed by atoms with Crippen LogP contribution in [0.3, 0.4) is 0 Å². The topological polar surface area (TPSA) is 50.8 Å². The quantitative estimate of drug-likeness (QED) is 0.810. The number of hydrogen-bond donors (Lipinski definition) is 1. The molecule has 0 unspecified atom stereocenters. The summed E-state index contributed by atoms with van der Waals surface area (Å²) in [7, 11) is 0. The van der Waals surface area contributed by atoms with E-state index in [1.165, 1.54) is 0 Å². The number of nitrogens with zero attached hydrogens (tertiary/aromatic N) is 2. The second kappa shape index (κ2) is 3.48. The molecule has 0 fully saturated rings. The molecule has 2 aromatic heterocycles. The van der Waals surface area contributed by atoms with Gasteiger partial charge in [-0.15, -0.1) is 0 Å². The smallest absolute Gasteiger partial charge is 0.296 e. The van der Waals surface area contributed by atoms with Crippen molar-refractivity contribution in [3.8, 4) is 6.01 Å². The number of aromatic amines is 1. The molecule has 2 rings (SSSR count). The average molecular weight is 270 g/mol. The monoisotopic (exact) mass is 269 g/mol. The second-order valence-corrected chi connectivity index (χ2v) is 5.07. The fourth-order valence-electron chi connectivity index (χ4n) is 1.19. The largest absolute Gasteiger partial charge is 0.459 e. The van der Waals surface area contributed by atoms with Crippen molar-refractivity contribution < 1.29 is 4.74 Å². The lowest BCUT2D eigenvalue weighted by Gasteiger charge is -2.18. The molecule has 0 amide bonds. The molecule has 5 heteroatoms. The maximum Gasteiger partial charge on any atom is 0.296 e. The predicted molar refractivity (Wildman–Crippen MR) is 62.0 cm³/mol. The first-order valence-corrected chi connectivity index (χ1v) is 5.45. The van der Waals surface area contributed by atoms with Crippen LogP contribution in [0.25, 0.3) is 11.2 Å². The summed E-state index contributed by atoms with van der Waals surface area (Å²) < 4.78 is 6.37. The van der Waals surface area contributed by atoms with Gasteiger partial charge < -0.3 is 9.72 Å². The molecule has 0 bridgehead atoms. The summed E-state index contributed by atoms with van der Waals surface area (Å²) in [5.74, 6) is 0. The summed E-state index contributed by atoms with van der Waals surface area (Å²) in [6.45, 7) is 5.93. The van der Waals surface area contributed by atoms with E-state index in [1.54, 1.807) is 0 Å². The Labute approximate surface area is 96.2 Å². The van der Waals surface area contributed by atoms with Gasteiger partial charge in [-0.1, -0.05) is 0 Å². The van der Waals surface area contributed by atoms with Crippen molar-refractivity contribution in [3.63, 3.8) is 0 Å². The Balaban J connectivity index is 2.39. The van der Waals surface area contributed by atoms with Gasteiger partial charge in [-0.25, -0.2) is 4.98 Å². The van der Waals surface area contributed by atoms with Gasteiger partial charge in [0.2, 0.25) is 0 Å². The molecule has 80 valence electrons. The number of H-pyrrole nitrogens is 1. The van der Waals surface area contributed by atoms with E-state index in [1.807, 2.05) is 32.9 Å². The Kier molecular flexibility index (Phi) is 2.42. The number of aromatic nitrogens is 3. The second-order valence-electron chi connectivity index (χ2n) is 4.26. The third-order valence-corrected chi connectivity index (χ3v) is 2.13. The summed E-state index contributed by atoms with van der Waals surface area (Å²) in [6, 6.07) is 4.28. The fourth-order valence-corrected chi connectivity index (χ4v) is 1.49. The van der Waals surface area contributed by atoms with Gasteiger partial charge in [-0.2, -0.15) is 4.98 Å². The SMILES string of the molecule is CC(C)(C)Oc1nc2nc(Br)ccc2[nH]1. The minimum absolute atomic E-state index is 0.259. The van der Waals surface area contributed by atoms with Gasteiger partial charge >= 0.3 is 0 Å². The van der Waals surface area contributed by atoms with Crippen LogP contribution in [0.1, 0.15) is 20.8 Å². The van der Waals surface area contributed by atoms with E-state index in [0.29, 0.717) is 11.7 Å². The molecule has 0 aromatic carbocycles. The van der Waals surface area contributed by atoms with Gasteiger partial charge in [0.25, 0.3) is 6.01 Å². The first kappa shape index (κ1) is 10.4. The third-order valence-electron chi connectivity index (χ3n) is 1.69. The normalized spacial score (nSPS) is 12.0. The van der Waals surface area contributed by atoms with Crippen molar-refractivity contribution in [2.45, 2.75) is 26.4 Å². The van der Waals surface area contributed by atoms with Crippen molar-refractivity contribution in [2.24, 2.45) is 0 Å². The highest BCUT2D eigenvalue weighted by Crippen LogP contribution is 2.19. The highest BCUT2D eigenvalue weighted by molar-refractivity contribution is 9.10. The van der Waals surface area contributed by atoms with Crippen LogP contribution in [0.5, 0.6) is 6.01 Å². The predicted octanol–water partition coefficient (Wildman–Crippen LogP) is 2.90. The summed E-state index contributed by atoms with van der Waals surface area (Å²) in [5, 5.41) is 0. The number of nitrogens with one attached hydrogen (secondary N) is 1. The van der Waals surface area contributed by atoms with Crippen molar-refractivity contribution in [1.29, 1.82) is 0 Å². The third kappa shape index (κ3) is 2.47. The van der Waals surface area contributed by atoms with E-state index in [-0.39, 0.29) is 5.60 Å². The Hall–Kier alpha value is -1.10. The molecule has 0 spiro atoms. The summed E-state index contributed by atoms with van der Waals surface area (Å²) in [6.07, 6.45) is 0. The molecular formula is C10H12BrN3O. The average Bonchev–Trinajstić information content (AvgIpc) is 2.42. The van der Waals surface area contributed by atoms with E-state index in [0.717, 1.165) is 10.1 Å². The minimum Gasteiger partial charge on any atom is -0.459 e. The maximum absolute atomic E-state index is 5.60. The van der Waals surface area contributed by atoms with Crippen LogP contribution in [-0.2, 0) is 0 Å². The molecule has 2 aromatic rings. The van der Waals surface area contributed by atoms with Crippen molar-refractivity contribution in [2.75, 3.05) is 0 Å². The van der Waals surface area contributed by atoms with Crippen LogP contribution in [0, 0.1) is 0 Å². The molecule has 0 aliphatic carbocycles. The Bertz CT molecular complexity index is 487. The maximum atomic E-state index is 5.60. The lowest BCUT2D eigenvalue weighted by Crippen LogP contribution is -2.23.